The van der Waals surface area contributed by atoms with Crippen molar-refractivity contribution >= 4 is 40.4 Å². The zero-order valence-electron chi connectivity index (χ0n) is 11.2. The Labute approximate surface area is 141 Å². The lowest BCUT2D eigenvalue weighted by molar-refractivity contribution is 0.1000. The van der Waals surface area contributed by atoms with Gasteiger partial charge in [0.15, 0.2) is 5.01 Å². The average molecular weight is 349 g/mol. The van der Waals surface area contributed by atoms with Gasteiger partial charge in [0.1, 0.15) is 0 Å². The molecule has 0 radical (unpaired) electrons. The third-order valence-corrected chi connectivity index (χ3v) is 4.81. The molecule has 0 atom stereocenters. The molecule has 0 unspecified atom stereocenters. The number of primary amides is 1. The summed E-state index contributed by atoms with van der Waals surface area (Å²) in [5, 5.41) is 3.12. The van der Waals surface area contributed by atoms with Crippen molar-refractivity contribution < 1.29 is 4.79 Å². The Morgan fingerprint density at radius 2 is 1.82 bits per heavy atom. The van der Waals surface area contributed by atoms with Crippen molar-refractivity contribution in [1.29, 1.82) is 0 Å². The first-order chi connectivity index (χ1) is 10.6. The van der Waals surface area contributed by atoms with Crippen molar-refractivity contribution in [3.63, 3.8) is 0 Å². The van der Waals surface area contributed by atoms with Crippen LogP contribution in [-0.2, 0) is 0 Å². The Morgan fingerprint density at radius 3 is 2.55 bits per heavy atom. The van der Waals surface area contributed by atoms with E-state index in [-0.39, 0.29) is 0 Å². The Morgan fingerprint density at radius 1 is 1.09 bits per heavy atom. The lowest BCUT2D eigenvalue weighted by Gasteiger charge is -2.07. The van der Waals surface area contributed by atoms with Crippen LogP contribution in [0.25, 0.3) is 22.4 Å². The van der Waals surface area contributed by atoms with E-state index in [0.29, 0.717) is 20.7 Å². The normalized spacial score (nSPS) is 10.6. The maximum Gasteiger partial charge on any atom is 0.277 e. The average Bonchev–Trinajstić information content (AvgIpc) is 3.00. The molecular weight excluding hydrogens is 339 g/mol. The molecule has 3 rings (SSSR count). The number of nitrogens with two attached hydrogens (primary N) is 1. The molecular formula is C16H10Cl2N2OS. The molecule has 2 N–H and O–H groups in total. The van der Waals surface area contributed by atoms with Gasteiger partial charge in [-0.05, 0) is 17.7 Å². The molecule has 0 saturated carbocycles. The second-order valence-electron chi connectivity index (χ2n) is 4.58. The van der Waals surface area contributed by atoms with Crippen molar-refractivity contribution in [2.75, 3.05) is 0 Å². The Hall–Kier alpha value is -1.88. The molecule has 3 nitrogen and oxygen atoms in total. The van der Waals surface area contributed by atoms with Crippen molar-refractivity contribution in [3.05, 3.63) is 62.9 Å². The number of aromatic nitrogens is 1. The van der Waals surface area contributed by atoms with Gasteiger partial charge >= 0.3 is 0 Å². The van der Waals surface area contributed by atoms with E-state index in [9.17, 15) is 4.79 Å². The van der Waals surface area contributed by atoms with Gasteiger partial charge in [-0.3, -0.25) is 4.79 Å². The van der Waals surface area contributed by atoms with Gasteiger partial charge in [0.2, 0.25) is 0 Å². The van der Waals surface area contributed by atoms with Gasteiger partial charge in [0.25, 0.3) is 5.91 Å². The molecule has 22 heavy (non-hydrogen) atoms. The fraction of sp³-hybridized carbons (Fsp3) is 0. The first-order valence-electron chi connectivity index (χ1n) is 6.36. The summed E-state index contributed by atoms with van der Waals surface area (Å²) in [6.45, 7) is 0. The molecule has 0 aliphatic carbocycles. The number of halogens is 2. The van der Waals surface area contributed by atoms with Gasteiger partial charge in [-0.15, -0.1) is 11.3 Å². The standard InChI is InChI=1S/C16H10Cl2N2OS/c17-12-6-2-5-11(14(12)18)9-3-1-4-10(7-9)13-8-22-16(20-13)15(19)21/h1-8H,(H2,19,21). The molecule has 0 fully saturated rings. The summed E-state index contributed by atoms with van der Waals surface area (Å²) in [5.41, 5.74) is 8.61. The van der Waals surface area contributed by atoms with Crippen molar-refractivity contribution in [3.8, 4) is 22.4 Å². The fourth-order valence-corrected chi connectivity index (χ4v) is 3.18. The van der Waals surface area contributed by atoms with E-state index in [1.54, 1.807) is 11.4 Å². The van der Waals surface area contributed by atoms with Crippen LogP contribution in [0.15, 0.2) is 47.8 Å². The number of carbonyl (C=O) groups is 1. The highest BCUT2D eigenvalue weighted by Crippen LogP contribution is 2.35. The van der Waals surface area contributed by atoms with Crippen LogP contribution in [0.5, 0.6) is 0 Å². The zero-order chi connectivity index (χ0) is 15.7. The molecule has 110 valence electrons. The predicted octanol–water partition coefficient (Wildman–Crippen LogP) is 4.88. The SMILES string of the molecule is NC(=O)c1nc(-c2cccc(-c3cccc(Cl)c3Cl)c2)cs1. The molecule has 1 amide bonds. The number of hydrogen-bond acceptors (Lipinski definition) is 3. The quantitative estimate of drug-likeness (QED) is 0.732. The summed E-state index contributed by atoms with van der Waals surface area (Å²) < 4.78 is 0. The van der Waals surface area contributed by atoms with Gasteiger partial charge in [-0.25, -0.2) is 4.98 Å². The largest absolute Gasteiger partial charge is 0.364 e. The highest BCUT2D eigenvalue weighted by Gasteiger charge is 2.11. The molecule has 1 aromatic heterocycles. The highest BCUT2D eigenvalue weighted by molar-refractivity contribution is 7.12. The van der Waals surface area contributed by atoms with Crippen molar-refractivity contribution in [2.45, 2.75) is 0 Å². The second kappa shape index (κ2) is 6.08. The summed E-state index contributed by atoms with van der Waals surface area (Å²) in [6, 6.07) is 13.2. The van der Waals surface area contributed by atoms with Crippen LogP contribution < -0.4 is 5.73 Å². The molecule has 0 aliphatic heterocycles. The van der Waals surface area contributed by atoms with E-state index in [1.165, 1.54) is 11.3 Å². The monoisotopic (exact) mass is 348 g/mol. The fourth-order valence-electron chi connectivity index (χ4n) is 2.09. The molecule has 0 bridgehead atoms. The maximum atomic E-state index is 11.2. The molecule has 0 saturated heterocycles. The summed E-state index contributed by atoms with van der Waals surface area (Å²) >= 11 is 13.6. The molecule has 2 aromatic carbocycles. The van der Waals surface area contributed by atoms with Crippen LogP contribution in [0.3, 0.4) is 0 Å². The molecule has 6 heteroatoms. The van der Waals surface area contributed by atoms with Crippen LogP contribution in [0, 0.1) is 0 Å². The van der Waals surface area contributed by atoms with E-state index < -0.39 is 5.91 Å². The lowest BCUT2D eigenvalue weighted by atomic mass is 10.0. The second-order valence-corrected chi connectivity index (χ2v) is 6.23. The third-order valence-electron chi connectivity index (χ3n) is 3.14. The Bertz CT molecular complexity index is 861. The zero-order valence-corrected chi connectivity index (χ0v) is 13.5. The maximum absolute atomic E-state index is 11.2. The van der Waals surface area contributed by atoms with Gasteiger partial charge in [0, 0.05) is 16.5 Å². The smallest absolute Gasteiger partial charge is 0.277 e. The number of nitrogens with zero attached hydrogens (tertiary/aromatic N) is 1. The van der Waals surface area contributed by atoms with E-state index in [2.05, 4.69) is 4.98 Å². The summed E-state index contributed by atoms with van der Waals surface area (Å²) in [5.74, 6) is -0.523. The van der Waals surface area contributed by atoms with Crippen molar-refractivity contribution in [1.82, 2.24) is 4.98 Å². The molecule has 1 heterocycles. The van der Waals surface area contributed by atoms with Gasteiger partial charge < -0.3 is 5.73 Å². The first-order valence-corrected chi connectivity index (χ1v) is 8.00. The minimum Gasteiger partial charge on any atom is -0.364 e. The highest BCUT2D eigenvalue weighted by atomic mass is 35.5. The van der Waals surface area contributed by atoms with Gasteiger partial charge in [-0.1, -0.05) is 53.5 Å². The number of rotatable bonds is 3. The van der Waals surface area contributed by atoms with E-state index >= 15 is 0 Å². The van der Waals surface area contributed by atoms with Crippen LogP contribution in [0.2, 0.25) is 10.0 Å². The minimum atomic E-state index is -0.523. The number of hydrogen-bond donors (Lipinski definition) is 1. The molecule has 0 aliphatic rings. The van der Waals surface area contributed by atoms with Crippen molar-refractivity contribution in [2.24, 2.45) is 5.73 Å². The lowest BCUT2D eigenvalue weighted by Crippen LogP contribution is -2.10. The number of amides is 1. The van der Waals surface area contributed by atoms with Gasteiger partial charge in [-0.2, -0.15) is 0 Å². The Balaban J connectivity index is 2.05. The van der Waals surface area contributed by atoms with Crippen LogP contribution >= 0.6 is 34.5 Å². The first kappa shape index (κ1) is 15.0. The van der Waals surface area contributed by atoms with Crippen LogP contribution in [0.4, 0.5) is 0 Å². The summed E-state index contributed by atoms with van der Waals surface area (Å²) in [6.07, 6.45) is 0. The number of benzene rings is 2. The summed E-state index contributed by atoms with van der Waals surface area (Å²) in [7, 11) is 0. The molecule has 0 spiro atoms. The minimum absolute atomic E-state index is 0.293. The van der Waals surface area contributed by atoms with Crippen LogP contribution in [-0.4, -0.2) is 10.9 Å². The van der Waals surface area contributed by atoms with Crippen LogP contribution in [0.1, 0.15) is 9.80 Å². The predicted molar refractivity (Wildman–Crippen MR) is 91.5 cm³/mol. The number of thiazole rings is 1. The van der Waals surface area contributed by atoms with E-state index in [0.717, 1.165) is 16.7 Å². The molecule has 3 aromatic rings. The summed E-state index contributed by atoms with van der Waals surface area (Å²) in [4.78, 5) is 15.4. The Kier molecular flexibility index (Phi) is 4.16. The third kappa shape index (κ3) is 2.86. The number of carbonyl (C=O) groups excluding carboxylic acids is 1. The van der Waals surface area contributed by atoms with E-state index in [1.807, 2.05) is 36.4 Å². The van der Waals surface area contributed by atoms with Gasteiger partial charge in [0.05, 0.1) is 15.7 Å². The topological polar surface area (TPSA) is 56.0 Å². The van der Waals surface area contributed by atoms with E-state index in [4.69, 9.17) is 28.9 Å².